The van der Waals surface area contributed by atoms with Crippen LogP contribution in [0.1, 0.15) is 33.6 Å². The number of anilines is 1. The molecule has 0 atom stereocenters. The monoisotopic (exact) mass is 365 g/mol. The summed E-state index contributed by atoms with van der Waals surface area (Å²) in [6.45, 7) is 0. The Hall–Kier alpha value is -2.37. The van der Waals surface area contributed by atoms with E-state index in [1.54, 1.807) is 18.2 Å². The number of aliphatic carboxylic acids is 1. The van der Waals surface area contributed by atoms with Crippen molar-refractivity contribution in [2.24, 2.45) is 0 Å². The zero-order valence-electron chi connectivity index (χ0n) is 12.4. The standard InChI is InChI=1S/C17H13Cl2NO4/c18-13-6-3-11(9-14(13)19)17(24)20-12-4-1-10(2-5-12)15(21)7-8-16(22)23/h1-6,9H,7-8H2,(H,20,24)(H,22,23). The highest BCUT2D eigenvalue weighted by molar-refractivity contribution is 6.42. The van der Waals surface area contributed by atoms with Crippen molar-refractivity contribution >= 4 is 46.5 Å². The normalized spacial score (nSPS) is 10.2. The highest BCUT2D eigenvalue weighted by atomic mass is 35.5. The lowest BCUT2D eigenvalue weighted by Gasteiger charge is -2.07. The average Bonchev–Trinajstić information content (AvgIpc) is 2.55. The molecule has 0 aromatic heterocycles. The van der Waals surface area contributed by atoms with E-state index >= 15 is 0 Å². The molecule has 0 fully saturated rings. The molecule has 0 aliphatic rings. The van der Waals surface area contributed by atoms with Gasteiger partial charge in [-0.05, 0) is 42.5 Å². The van der Waals surface area contributed by atoms with Gasteiger partial charge in [0.05, 0.1) is 16.5 Å². The molecule has 0 saturated heterocycles. The van der Waals surface area contributed by atoms with Crippen LogP contribution in [0.15, 0.2) is 42.5 Å². The van der Waals surface area contributed by atoms with Crippen molar-refractivity contribution in [3.8, 4) is 0 Å². The summed E-state index contributed by atoms with van der Waals surface area (Å²) in [7, 11) is 0. The van der Waals surface area contributed by atoms with Gasteiger partial charge < -0.3 is 10.4 Å². The molecule has 24 heavy (non-hydrogen) atoms. The number of ketones is 1. The van der Waals surface area contributed by atoms with Gasteiger partial charge in [-0.25, -0.2) is 0 Å². The summed E-state index contributed by atoms with van der Waals surface area (Å²) in [6.07, 6.45) is -0.279. The van der Waals surface area contributed by atoms with Crippen LogP contribution in [-0.4, -0.2) is 22.8 Å². The van der Waals surface area contributed by atoms with E-state index in [0.29, 0.717) is 21.8 Å². The maximum Gasteiger partial charge on any atom is 0.303 e. The van der Waals surface area contributed by atoms with Crippen LogP contribution in [0.3, 0.4) is 0 Å². The first kappa shape index (κ1) is 18.0. The molecule has 1 amide bonds. The van der Waals surface area contributed by atoms with Gasteiger partial charge in [-0.1, -0.05) is 23.2 Å². The third-order valence-electron chi connectivity index (χ3n) is 3.21. The topological polar surface area (TPSA) is 83.5 Å². The second kappa shape index (κ2) is 7.95. The molecular weight excluding hydrogens is 353 g/mol. The zero-order chi connectivity index (χ0) is 17.7. The van der Waals surface area contributed by atoms with Gasteiger partial charge >= 0.3 is 5.97 Å². The van der Waals surface area contributed by atoms with Crippen molar-refractivity contribution < 1.29 is 19.5 Å². The SMILES string of the molecule is O=C(O)CCC(=O)c1ccc(NC(=O)c2ccc(Cl)c(Cl)c2)cc1. The second-order valence-electron chi connectivity index (χ2n) is 4.98. The maximum atomic E-state index is 12.1. The lowest BCUT2D eigenvalue weighted by Crippen LogP contribution is -2.12. The molecule has 0 radical (unpaired) electrons. The van der Waals surface area contributed by atoms with Crippen molar-refractivity contribution in [1.29, 1.82) is 0 Å². The minimum atomic E-state index is -1.02. The molecule has 2 aromatic carbocycles. The Morgan fingerprint density at radius 1 is 0.875 bits per heavy atom. The number of nitrogens with one attached hydrogen (secondary N) is 1. The van der Waals surface area contributed by atoms with Crippen molar-refractivity contribution in [2.75, 3.05) is 5.32 Å². The van der Waals surface area contributed by atoms with E-state index in [-0.39, 0.29) is 29.6 Å². The Morgan fingerprint density at radius 2 is 1.50 bits per heavy atom. The number of carboxylic acids is 1. The first-order chi connectivity index (χ1) is 11.4. The van der Waals surface area contributed by atoms with Crippen LogP contribution in [0.2, 0.25) is 10.0 Å². The molecule has 5 nitrogen and oxygen atoms in total. The van der Waals surface area contributed by atoms with Crippen molar-refractivity contribution in [3.63, 3.8) is 0 Å². The number of hydrogen-bond donors (Lipinski definition) is 2. The van der Waals surface area contributed by atoms with Gasteiger partial charge in [-0.15, -0.1) is 0 Å². The molecule has 0 saturated carbocycles. The third-order valence-corrected chi connectivity index (χ3v) is 3.95. The summed E-state index contributed by atoms with van der Waals surface area (Å²) in [6, 6.07) is 10.8. The number of benzene rings is 2. The average molecular weight is 366 g/mol. The van der Waals surface area contributed by atoms with Gasteiger partial charge in [0.2, 0.25) is 0 Å². The van der Waals surface area contributed by atoms with Crippen LogP contribution in [-0.2, 0) is 4.79 Å². The Balaban J connectivity index is 2.03. The Kier molecular flexibility index (Phi) is 5.95. The van der Waals surface area contributed by atoms with Crippen LogP contribution in [0.4, 0.5) is 5.69 Å². The zero-order valence-corrected chi connectivity index (χ0v) is 13.9. The quantitative estimate of drug-likeness (QED) is 0.747. The predicted molar refractivity (Wildman–Crippen MR) is 92.1 cm³/mol. The van der Waals surface area contributed by atoms with E-state index in [9.17, 15) is 14.4 Å². The number of hydrogen-bond acceptors (Lipinski definition) is 3. The summed E-state index contributed by atoms with van der Waals surface area (Å²) in [5.74, 6) is -1.65. The molecule has 0 unspecified atom stereocenters. The van der Waals surface area contributed by atoms with E-state index in [1.807, 2.05) is 0 Å². The fourth-order valence-corrected chi connectivity index (χ4v) is 2.24. The van der Waals surface area contributed by atoms with Gasteiger partial charge in [0.25, 0.3) is 5.91 Å². The van der Waals surface area contributed by atoms with Gasteiger partial charge in [-0.2, -0.15) is 0 Å². The first-order valence-electron chi connectivity index (χ1n) is 6.98. The van der Waals surface area contributed by atoms with Crippen LogP contribution in [0.5, 0.6) is 0 Å². The molecule has 0 bridgehead atoms. The van der Waals surface area contributed by atoms with Crippen LogP contribution in [0, 0.1) is 0 Å². The summed E-state index contributed by atoms with van der Waals surface area (Å²) < 4.78 is 0. The van der Waals surface area contributed by atoms with Crippen molar-refractivity contribution in [2.45, 2.75) is 12.8 Å². The van der Waals surface area contributed by atoms with E-state index in [0.717, 1.165) is 0 Å². The highest BCUT2D eigenvalue weighted by Crippen LogP contribution is 2.23. The number of amides is 1. The largest absolute Gasteiger partial charge is 0.481 e. The Bertz CT molecular complexity index is 788. The molecule has 2 rings (SSSR count). The van der Waals surface area contributed by atoms with E-state index in [2.05, 4.69) is 5.32 Å². The third kappa shape index (κ3) is 4.81. The van der Waals surface area contributed by atoms with Gasteiger partial charge in [0.15, 0.2) is 5.78 Å². The number of halogens is 2. The van der Waals surface area contributed by atoms with E-state index < -0.39 is 5.97 Å². The van der Waals surface area contributed by atoms with Crippen LogP contribution in [0.25, 0.3) is 0 Å². The van der Waals surface area contributed by atoms with Crippen LogP contribution < -0.4 is 5.32 Å². The molecule has 0 aliphatic carbocycles. The Morgan fingerprint density at radius 3 is 2.08 bits per heavy atom. The smallest absolute Gasteiger partial charge is 0.303 e. The summed E-state index contributed by atoms with van der Waals surface area (Å²) >= 11 is 11.7. The number of carbonyl (C=O) groups is 3. The molecule has 124 valence electrons. The fourth-order valence-electron chi connectivity index (χ4n) is 1.94. The minimum absolute atomic E-state index is 0.0652. The summed E-state index contributed by atoms with van der Waals surface area (Å²) in [4.78, 5) is 34.4. The predicted octanol–water partition coefficient (Wildman–Crippen LogP) is 4.29. The highest BCUT2D eigenvalue weighted by Gasteiger charge is 2.11. The maximum absolute atomic E-state index is 12.1. The lowest BCUT2D eigenvalue weighted by molar-refractivity contribution is -0.136. The Labute approximate surface area is 148 Å². The molecule has 7 heteroatoms. The summed E-state index contributed by atoms with van der Waals surface area (Å²) in [5.41, 5.74) is 1.25. The molecule has 2 aromatic rings. The van der Waals surface area contributed by atoms with Crippen LogP contribution >= 0.6 is 23.2 Å². The van der Waals surface area contributed by atoms with E-state index in [4.69, 9.17) is 28.3 Å². The molecule has 0 spiro atoms. The second-order valence-corrected chi connectivity index (χ2v) is 5.79. The molecule has 2 N–H and O–H groups in total. The molecule has 0 aliphatic heterocycles. The van der Waals surface area contributed by atoms with Gasteiger partial charge in [0, 0.05) is 23.2 Å². The minimum Gasteiger partial charge on any atom is -0.481 e. The fraction of sp³-hybridized carbons (Fsp3) is 0.118. The first-order valence-corrected chi connectivity index (χ1v) is 7.74. The lowest BCUT2D eigenvalue weighted by atomic mass is 10.1. The van der Waals surface area contributed by atoms with E-state index in [1.165, 1.54) is 24.3 Å². The molecule has 0 heterocycles. The number of rotatable bonds is 6. The van der Waals surface area contributed by atoms with Gasteiger partial charge in [-0.3, -0.25) is 14.4 Å². The van der Waals surface area contributed by atoms with Crippen molar-refractivity contribution in [1.82, 2.24) is 0 Å². The van der Waals surface area contributed by atoms with Crippen molar-refractivity contribution in [3.05, 3.63) is 63.6 Å². The number of carbonyl (C=O) groups excluding carboxylic acids is 2. The molecular formula is C17H13Cl2NO4. The number of Topliss-reactive ketones (excluding diaryl/α,β-unsaturated/α-hetero) is 1. The van der Waals surface area contributed by atoms with Gasteiger partial charge in [0.1, 0.15) is 0 Å². The summed E-state index contributed by atoms with van der Waals surface area (Å²) in [5, 5.41) is 11.9. The number of carboxylic acid groups (broad SMARTS) is 1.